The average molecular weight is 318 g/mol. The van der Waals surface area contributed by atoms with E-state index in [1.807, 2.05) is 6.07 Å². The van der Waals surface area contributed by atoms with Crippen LogP contribution >= 0.6 is 0 Å². The number of allylic oxidation sites excluding steroid dienone is 2. The molecule has 1 heterocycles. The highest BCUT2D eigenvalue weighted by Gasteiger charge is 2.34. The maximum Gasteiger partial charge on any atom is 0.250 e. The predicted octanol–water partition coefficient (Wildman–Crippen LogP) is 4.88. The van der Waals surface area contributed by atoms with Crippen LogP contribution in [0.4, 0.5) is 0 Å². The lowest BCUT2D eigenvalue weighted by molar-refractivity contribution is 0.174. The minimum Gasteiger partial charge on any atom is -0.547 e. The van der Waals surface area contributed by atoms with Gasteiger partial charge in [-0.2, -0.15) is 0 Å². The maximum absolute atomic E-state index is 6.42. The molecule has 0 amide bonds. The Morgan fingerprint density at radius 1 is 1.09 bits per heavy atom. The number of hydrogen-bond donors (Lipinski definition) is 0. The topological polar surface area (TPSA) is 27.7 Å². The molecule has 0 radical (unpaired) electrons. The lowest BCUT2D eigenvalue weighted by Crippen LogP contribution is -2.37. The van der Waals surface area contributed by atoms with Crippen LogP contribution in [0.15, 0.2) is 30.0 Å². The summed E-state index contributed by atoms with van der Waals surface area (Å²) in [5.41, 5.74) is 1.31. The van der Waals surface area contributed by atoms with E-state index in [0.717, 1.165) is 24.3 Å². The number of benzene rings is 1. The summed E-state index contributed by atoms with van der Waals surface area (Å²) in [6.45, 7) is 7.19. The van der Waals surface area contributed by atoms with Crippen molar-refractivity contribution in [3.63, 3.8) is 0 Å². The summed E-state index contributed by atoms with van der Waals surface area (Å²) in [7, 11) is -1.49. The molecule has 0 bridgehead atoms. The summed E-state index contributed by atoms with van der Waals surface area (Å²) in [6.07, 6.45) is 4.47. The molecule has 4 heteroatoms. The molecule has 3 nitrogen and oxygen atoms in total. The molecule has 2 aliphatic rings. The van der Waals surface area contributed by atoms with Crippen LogP contribution in [-0.2, 0) is 10.8 Å². The SMILES string of the molecule is CC[Si](CC)(CC)OC1=C[C@H](Cc2ccc3c(c2)OCO3)C1. The van der Waals surface area contributed by atoms with Gasteiger partial charge in [-0.05, 0) is 54.2 Å². The summed E-state index contributed by atoms with van der Waals surface area (Å²) < 4.78 is 17.2. The molecule has 0 N–H and O–H groups in total. The molecule has 0 aromatic heterocycles. The Bertz CT molecular complexity index is 555. The van der Waals surface area contributed by atoms with Gasteiger partial charge in [-0.3, -0.25) is 0 Å². The first kappa shape index (κ1) is 15.5. The van der Waals surface area contributed by atoms with Gasteiger partial charge in [0.25, 0.3) is 0 Å². The molecule has 1 aliphatic carbocycles. The van der Waals surface area contributed by atoms with Gasteiger partial charge >= 0.3 is 0 Å². The fraction of sp³-hybridized carbons (Fsp3) is 0.556. The third-order valence-electron chi connectivity index (χ3n) is 5.10. The van der Waals surface area contributed by atoms with E-state index in [2.05, 4.69) is 39.0 Å². The van der Waals surface area contributed by atoms with Gasteiger partial charge in [0.2, 0.25) is 15.1 Å². The summed E-state index contributed by atoms with van der Waals surface area (Å²) in [5, 5.41) is 0. The van der Waals surface area contributed by atoms with Crippen LogP contribution in [0.5, 0.6) is 11.5 Å². The van der Waals surface area contributed by atoms with Crippen molar-refractivity contribution >= 4 is 8.32 Å². The van der Waals surface area contributed by atoms with Crippen molar-refractivity contribution in [3.05, 3.63) is 35.6 Å². The van der Waals surface area contributed by atoms with Crippen LogP contribution in [0.3, 0.4) is 0 Å². The highest BCUT2D eigenvalue weighted by Crippen LogP contribution is 2.37. The van der Waals surface area contributed by atoms with E-state index >= 15 is 0 Å². The first-order chi connectivity index (χ1) is 10.7. The lowest BCUT2D eigenvalue weighted by Gasteiger charge is -2.35. The Labute approximate surface area is 134 Å². The first-order valence-electron chi connectivity index (χ1n) is 8.46. The molecule has 120 valence electrons. The third-order valence-corrected chi connectivity index (χ3v) is 9.66. The second-order valence-electron chi connectivity index (χ2n) is 6.33. The van der Waals surface area contributed by atoms with Gasteiger partial charge in [0.05, 0.1) is 5.76 Å². The van der Waals surface area contributed by atoms with Crippen LogP contribution < -0.4 is 9.47 Å². The number of hydrogen-bond acceptors (Lipinski definition) is 3. The zero-order chi connectivity index (χ0) is 15.6. The van der Waals surface area contributed by atoms with Crippen LogP contribution in [-0.4, -0.2) is 15.1 Å². The van der Waals surface area contributed by atoms with Crippen LogP contribution in [0.25, 0.3) is 0 Å². The summed E-state index contributed by atoms with van der Waals surface area (Å²) in [6, 6.07) is 9.90. The predicted molar refractivity (Wildman–Crippen MR) is 90.7 cm³/mol. The fourth-order valence-electron chi connectivity index (χ4n) is 3.31. The zero-order valence-corrected chi connectivity index (χ0v) is 14.9. The minimum absolute atomic E-state index is 0.345. The minimum atomic E-state index is -1.49. The molecule has 1 atom stereocenters. The van der Waals surface area contributed by atoms with E-state index in [9.17, 15) is 0 Å². The largest absolute Gasteiger partial charge is 0.547 e. The smallest absolute Gasteiger partial charge is 0.250 e. The van der Waals surface area contributed by atoms with Gasteiger partial charge in [0.15, 0.2) is 11.5 Å². The van der Waals surface area contributed by atoms with Crippen molar-refractivity contribution in [3.8, 4) is 11.5 Å². The van der Waals surface area contributed by atoms with Gasteiger partial charge in [-0.15, -0.1) is 0 Å². The van der Waals surface area contributed by atoms with Gasteiger partial charge in [0, 0.05) is 6.42 Å². The third kappa shape index (κ3) is 3.02. The quantitative estimate of drug-likeness (QED) is 0.670. The van der Waals surface area contributed by atoms with Crippen LogP contribution in [0.2, 0.25) is 18.1 Å². The molecule has 0 saturated carbocycles. The second-order valence-corrected chi connectivity index (χ2v) is 11.0. The average Bonchev–Trinajstić information content (AvgIpc) is 2.97. The van der Waals surface area contributed by atoms with Crippen molar-refractivity contribution in [2.24, 2.45) is 5.92 Å². The van der Waals surface area contributed by atoms with Crippen LogP contribution in [0, 0.1) is 5.92 Å². The summed E-state index contributed by atoms with van der Waals surface area (Å²) in [5.74, 6) is 3.59. The second kappa shape index (κ2) is 6.37. The molecule has 1 aromatic carbocycles. The fourth-order valence-corrected chi connectivity index (χ4v) is 5.95. The highest BCUT2D eigenvalue weighted by molar-refractivity contribution is 6.73. The Hall–Kier alpha value is -1.42. The molecule has 0 spiro atoms. The van der Waals surface area contributed by atoms with E-state index < -0.39 is 8.32 Å². The van der Waals surface area contributed by atoms with Gasteiger partial charge in [-0.1, -0.05) is 26.8 Å². The number of ether oxygens (including phenoxy) is 2. The normalized spacial score (nSPS) is 19.6. The zero-order valence-electron chi connectivity index (χ0n) is 13.9. The van der Waals surface area contributed by atoms with E-state index in [4.69, 9.17) is 13.9 Å². The van der Waals surface area contributed by atoms with Crippen molar-refractivity contribution in [1.29, 1.82) is 0 Å². The standard InChI is InChI=1S/C18H26O3Si/c1-4-22(5-2,6-3)21-16-10-15(11-16)9-14-7-8-17-18(12-14)20-13-19-17/h7-8,10,12,15H,4-6,9,11,13H2,1-3H3/t15-/m0/s1. The molecule has 22 heavy (non-hydrogen) atoms. The van der Waals surface area contributed by atoms with Crippen molar-refractivity contribution in [2.45, 2.75) is 51.7 Å². The Morgan fingerprint density at radius 2 is 1.77 bits per heavy atom. The van der Waals surface area contributed by atoms with Gasteiger partial charge in [0.1, 0.15) is 0 Å². The molecule has 0 fully saturated rings. The highest BCUT2D eigenvalue weighted by atomic mass is 28.4. The Morgan fingerprint density at radius 3 is 2.45 bits per heavy atom. The summed E-state index contributed by atoms with van der Waals surface area (Å²) in [4.78, 5) is 0. The number of fused-ring (bicyclic) bond motifs is 1. The van der Waals surface area contributed by atoms with E-state index in [1.165, 1.54) is 29.5 Å². The molecule has 1 aliphatic heterocycles. The Kier molecular flexibility index (Phi) is 4.48. The molecule has 3 rings (SSSR count). The van der Waals surface area contributed by atoms with E-state index in [0.29, 0.717) is 12.7 Å². The summed E-state index contributed by atoms with van der Waals surface area (Å²) >= 11 is 0. The van der Waals surface area contributed by atoms with Crippen LogP contribution in [0.1, 0.15) is 32.8 Å². The van der Waals surface area contributed by atoms with Crippen molar-refractivity contribution in [2.75, 3.05) is 6.79 Å². The van der Waals surface area contributed by atoms with Crippen molar-refractivity contribution in [1.82, 2.24) is 0 Å². The monoisotopic (exact) mass is 318 g/mol. The maximum atomic E-state index is 6.42. The van der Waals surface area contributed by atoms with Gasteiger partial charge < -0.3 is 13.9 Å². The van der Waals surface area contributed by atoms with E-state index in [-0.39, 0.29) is 0 Å². The number of rotatable bonds is 7. The first-order valence-corrected chi connectivity index (χ1v) is 11.0. The van der Waals surface area contributed by atoms with Crippen molar-refractivity contribution < 1.29 is 13.9 Å². The van der Waals surface area contributed by atoms with E-state index in [1.54, 1.807) is 0 Å². The Balaban J connectivity index is 1.58. The lowest BCUT2D eigenvalue weighted by atomic mass is 9.87. The molecule has 0 saturated heterocycles. The molecular formula is C18H26O3Si. The van der Waals surface area contributed by atoms with Gasteiger partial charge in [-0.25, -0.2) is 0 Å². The molecule has 0 unspecified atom stereocenters. The molecule has 1 aromatic rings. The molecular weight excluding hydrogens is 292 g/mol.